The molecule has 0 bridgehead atoms. The highest BCUT2D eigenvalue weighted by Gasteiger charge is 2.11. The first-order chi connectivity index (χ1) is 8.40. The number of methoxy groups -OCH3 is 1. The molecule has 2 N–H and O–H groups in total. The van der Waals surface area contributed by atoms with Crippen molar-refractivity contribution in [2.45, 2.75) is 45.1 Å². The minimum absolute atomic E-state index is 0.750. The minimum atomic E-state index is 0.750. The summed E-state index contributed by atoms with van der Waals surface area (Å²) in [7, 11) is 1.72. The van der Waals surface area contributed by atoms with E-state index in [1.165, 1.54) is 43.5 Å². The SMILES string of the molecule is COCCNCc1nc2c([nH]1)CCCCCC2. The predicted molar refractivity (Wildman–Crippen MR) is 68.0 cm³/mol. The lowest BCUT2D eigenvalue weighted by atomic mass is 10.0. The number of fused-ring (bicyclic) bond motifs is 1. The number of aromatic amines is 1. The fourth-order valence-corrected chi connectivity index (χ4v) is 2.33. The molecule has 1 aliphatic rings. The molecule has 2 rings (SSSR count). The standard InChI is InChI=1S/C13H23N3O/c1-17-9-8-14-10-13-15-11-6-4-2-3-5-7-12(11)16-13/h14H,2-10H2,1H3,(H,15,16). The van der Waals surface area contributed by atoms with Crippen molar-refractivity contribution in [3.63, 3.8) is 0 Å². The van der Waals surface area contributed by atoms with Crippen molar-refractivity contribution in [1.82, 2.24) is 15.3 Å². The summed E-state index contributed by atoms with van der Waals surface area (Å²) < 4.78 is 5.00. The van der Waals surface area contributed by atoms with Gasteiger partial charge < -0.3 is 15.0 Å². The Morgan fingerprint density at radius 2 is 2.06 bits per heavy atom. The van der Waals surface area contributed by atoms with Crippen LogP contribution in [-0.2, 0) is 24.1 Å². The Kier molecular flexibility index (Phi) is 5.01. The fourth-order valence-electron chi connectivity index (χ4n) is 2.33. The summed E-state index contributed by atoms with van der Waals surface area (Å²) in [5, 5.41) is 3.32. The van der Waals surface area contributed by atoms with Gasteiger partial charge in [-0.05, 0) is 25.7 Å². The first-order valence-corrected chi connectivity index (χ1v) is 6.66. The van der Waals surface area contributed by atoms with Crippen LogP contribution in [0.4, 0.5) is 0 Å². The van der Waals surface area contributed by atoms with Gasteiger partial charge >= 0.3 is 0 Å². The molecule has 0 fully saturated rings. The number of aryl methyl sites for hydroxylation is 2. The van der Waals surface area contributed by atoms with E-state index in [4.69, 9.17) is 9.72 Å². The lowest BCUT2D eigenvalue weighted by Gasteiger charge is -2.06. The molecule has 0 aromatic carbocycles. The normalized spacial score (nSPS) is 16.3. The number of ether oxygens (including phenoxy) is 1. The summed E-state index contributed by atoms with van der Waals surface area (Å²) in [6.07, 6.45) is 7.61. The van der Waals surface area contributed by atoms with Crippen molar-refractivity contribution in [2.24, 2.45) is 0 Å². The van der Waals surface area contributed by atoms with Crippen LogP contribution in [0.15, 0.2) is 0 Å². The van der Waals surface area contributed by atoms with Gasteiger partial charge in [-0.3, -0.25) is 0 Å². The molecule has 17 heavy (non-hydrogen) atoms. The molecule has 0 radical (unpaired) electrons. The number of imidazole rings is 1. The van der Waals surface area contributed by atoms with Gasteiger partial charge in [0.15, 0.2) is 0 Å². The van der Waals surface area contributed by atoms with Crippen molar-refractivity contribution in [3.8, 4) is 0 Å². The van der Waals surface area contributed by atoms with Crippen LogP contribution in [-0.4, -0.2) is 30.2 Å². The Morgan fingerprint density at radius 3 is 2.88 bits per heavy atom. The largest absolute Gasteiger partial charge is 0.383 e. The van der Waals surface area contributed by atoms with E-state index in [-0.39, 0.29) is 0 Å². The summed E-state index contributed by atoms with van der Waals surface area (Å²) in [6.45, 7) is 2.44. The molecule has 0 spiro atoms. The highest BCUT2D eigenvalue weighted by atomic mass is 16.5. The summed E-state index contributed by atoms with van der Waals surface area (Å²) in [5.41, 5.74) is 2.67. The van der Waals surface area contributed by atoms with Gasteiger partial charge in [-0.15, -0.1) is 0 Å². The van der Waals surface area contributed by atoms with E-state index in [2.05, 4.69) is 10.3 Å². The maximum Gasteiger partial charge on any atom is 0.120 e. The van der Waals surface area contributed by atoms with Gasteiger partial charge in [0, 0.05) is 19.3 Å². The Bertz CT molecular complexity index is 310. The quantitative estimate of drug-likeness (QED) is 0.768. The van der Waals surface area contributed by atoms with Crippen molar-refractivity contribution < 1.29 is 4.74 Å². The molecule has 0 unspecified atom stereocenters. The topological polar surface area (TPSA) is 49.9 Å². The molecule has 1 aromatic heterocycles. The lowest BCUT2D eigenvalue weighted by molar-refractivity contribution is 0.199. The van der Waals surface area contributed by atoms with Crippen LogP contribution < -0.4 is 5.32 Å². The molecule has 4 nitrogen and oxygen atoms in total. The van der Waals surface area contributed by atoms with Crippen molar-refractivity contribution in [1.29, 1.82) is 0 Å². The minimum Gasteiger partial charge on any atom is -0.383 e. The maximum absolute atomic E-state index is 5.00. The van der Waals surface area contributed by atoms with E-state index < -0.39 is 0 Å². The van der Waals surface area contributed by atoms with E-state index in [1.807, 2.05) is 0 Å². The van der Waals surface area contributed by atoms with E-state index in [9.17, 15) is 0 Å². The van der Waals surface area contributed by atoms with Gasteiger partial charge in [0.2, 0.25) is 0 Å². The van der Waals surface area contributed by atoms with Gasteiger partial charge in [-0.1, -0.05) is 12.8 Å². The second-order valence-corrected chi connectivity index (χ2v) is 4.69. The highest BCUT2D eigenvalue weighted by molar-refractivity contribution is 5.16. The first-order valence-electron chi connectivity index (χ1n) is 6.66. The average molecular weight is 237 g/mol. The Morgan fingerprint density at radius 1 is 1.24 bits per heavy atom. The lowest BCUT2D eigenvalue weighted by Crippen LogP contribution is -2.19. The highest BCUT2D eigenvalue weighted by Crippen LogP contribution is 2.18. The van der Waals surface area contributed by atoms with Crippen molar-refractivity contribution >= 4 is 0 Å². The molecular weight excluding hydrogens is 214 g/mol. The number of nitrogens with zero attached hydrogens (tertiary/aromatic N) is 1. The van der Waals surface area contributed by atoms with Crippen molar-refractivity contribution in [3.05, 3.63) is 17.2 Å². The molecule has 4 heteroatoms. The number of nitrogens with one attached hydrogen (secondary N) is 2. The molecule has 0 aliphatic heterocycles. The maximum atomic E-state index is 5.00. The average Bonchev–Trinajstić information content (AvgIpc) is 2.67. The van der Waals surface area contributed by atoms with Gasteiger partial charge in [0.25, 0.3) is 0 Å². The van der Waals surface area contributed by atoms with Gasteiger partial charge in [0.05, 0.1) is 18.8 Å². The van der Waals surface area contributed by atoms with Crippen LogP contribution in [0.1, 0.15) is 42.9 Å². The third kappa shape index (κ3) is 3.82. The fraction of sp³-hybridized carbons (Fsp3) is 0.769. The van der Waals surface area contributed by atoms with Crippen LogP contribution >= 0.6 is 0 Å². The van der Waals surface area contributed by atoms with E-state index in [0.717, 1.165) is 31.9 Å². The number of hydrogen-bond donors (Lipinski definition) is 2. The van der Waals surface area contributed by atoms with Crippen LogP contribution in [0.2, 0.25) is 0 Å². The van der Waals surface area contributed by atoms with E-state index in [1.54, 1.807) is 7.11 Å². The molecule has 0 amide bonds. The van der Waals surface area contributed by atoms with Crippen LogP contribution in [0.5, 0.6) is 0 Å². The third-order valence-corrected chi connectivity index (χ3v) is 3.28. The molecule has 0 atom stereocenters. The van der Waals surface area contributed by atoms with Crippen LogP contribution in [0.25, 0.3) is 0 Å². The van der Waals surface area contributed by atoms with Crippen LogP contribution in [0, 0.1) is 0 Å². The second kappa shape index (κ2) is 6.77. The van der Waals surface area contributed by atoms with Gasteiger partial charge in [0.1, 0.15) is 5.82 Å². The number of aromatic nitrogens is 2. The summed E-state index contributed by atoms with van der Waals surface area (Å²) >= 11 is 0. The van der Waals surface area contributed by atoms with Gasteiger partial charge in [-0.25, -0.2) is 4.98 Å². The number of hydrogen-bond acceptors (Lipinski definition) is 3. The molecule has 96 valence electrons. The smallest absolute Gasteiger partial charge is 0.120 e. The van der Waals surface area contributed by atoms with Crippen LogP contribution in [0.3, 0.4) is 0 Å². The second-order valence-electron chi connectivity index (χ2n) is 4.69. The Labute approximate surface area is 103 Å². The zero-order valence-corrected chi connectivity index (χ0v) is 10.7. The molecule has 1 aliphatic carbocycles. The van der Waals surface area contributed by atoms with E-state index >= 15 is 0 Å². The van der Waals surface area contributed by atoms with Crippen molar-refractivity contribution in [2.75, 3.05) is 20.3 Å². The first kappa shape index (κ1) is 12.6. The molecule has 1 heterocycles. The number of H-pyrrole nitrogens is 1. The molecule has 0 saturated carbocycles. The zero-order valence-electron chi connectivity index (χ0n) is 10.7. The third-order valence-electron chi connectivity index (χ3n) is 3.28. The van der Waals surface area contributed by atoms with E-state index in [0.29, 0.717) is 0 Å². The zero-order chi connectivity index (χ0) is 11.9. The molecular formula is C13H23N3O. The monoisotopic (exact) mass is 237 g/mol. The van der Waals surface area contributed by atoms with Gasteiger partial charge in [-0.2, -0.15) is 0 Å². The summed E-state index contributed by atoms with van der Waals surface area (Å²) in [6, 6.07) is 0. The summed E-state index contributed by atoms with van der Waals surface area (Å²) in [4.78, 5) is 8.16. The number of rotatable bonds is 5. The molecule has 0 saturated heterocycles. The molecule has 1 aromatic rings. The summed E-state index contributed by atoms with van der Waals surface area (Å²) in [5.74, 6) is 1.08. The predicted octanol–water partition coefficient (Wildman–Crippen LogP) is 1.80. The Hall–Kier alpha value is -0.870. The Balaban J connectivity index is 1.88.